The predicted octanol–water partition coefficient (Wildman–Crippen LogP) is 5.54. The van der Waals surface area contributed by atoms with Crippen LogP contribution in [-0.4, -0.2) is 0 Å². The van der Waals surface area contributed by atoms with Crippen LogP contribution >= 0.6 is 24.0 Å². The highest BCUT2D eigenvalue weighted by molar-refractivity contribution is 6.32. The predicted molar refractivity (Wildman–Crippen MR) is 81.1 cm³/mol. The van der Waals surface area contributed by atoms with Crippen molar-refractivity contribution in [2.75, 3.05) is 0 Å². The van der Waals surface area contributed by atoms with E-state index in [1.807, 2.05) is 0 Å². The minimum atomic E-state index is 0. The summed E-state index contributed by atoms with van der Waals surface area (Å²) in [6.07, 6.45) is 7.74. The van der Waals surface area contributed by atoms with Gasteiger partial charge in [-0.2, -0.15) is 0 Å². The molecule has 0 amide bonds. The lowest BCUT2D eigenvalue weighted by atomic mass is 9.67. The molecule has 0 heterocycles. The van der Waals surface area contributed by atoms with Gasteiger partial charge in [0.05, 0.1) is 0 Å². The average molecular weight is 285 g/mol. The molecule has 1 aromatic carbocycles. The second-order valence-electron chi connectivity index (χ2n) is 6.06. The zero-order chi connectivity index (χ0) is 12.0. The van der Waals surface area contributed by atoms with E-state index in [0.29, 0.717) is 5.41 Å². The van der Waals surface area contributed by atoms with E-state index >= 15 is 0 Å². The van der Waals surface area contributed by atoms with Crippen LogP contribution in [0.1, 0.15) is 62.1 Å². The molecule has 18 heavy (non-hydrogen) atoms. The third-order valence-electron chi connectivity index (χ3n) is 5.14. The highest BCUT2D eigenvalue weighted by Crippen LogP contribution is 2.56. The molecule has 2 aliphatic carbocycles. The van der Waals surface area contributed by atoms with Crippen LogP contribution in [0.2, 0.25) is 5.02 Å². The highest BCUT2D eigenvalue weighted by atomic mass is 35.5. The van der Waals surface area contributed by atoms with Crippen molar-refractivity contribution in [2.45, 2.75) is 58.3 Å². The van der Waals surface area contributed by atoms with Crippen molar-refractivity contribution in [2.24, 2.45) is 5.41 Å². The lowest BCUT2D eigenvalue weighted by Gasteiger charge is -2.38. The summed E-state index contributed by atoms with van der Waals surface area (Å²) in [5.41, 5.74) is 4.92. The van der Waals surface area contributed by atoms with Crippen molar-refractivity contribution in [1.82, 2.24) is 0 Å². The topological polar surface area (TPSA) is 0 Å². The molecule has 0 aliphatic heterocycles. The Kier molecular flexibility index (Phi) is 3.99. The molecule has 0 bridgehead atoms. The van der Waals surface area contributed by atoms with E-state index in [2.05, 4.69) is 26.0 Å². The number of halogens is 2. The molecule has 0 unspecified atom stereocenters. The number of hydrogen-bond donors (Lipinski definition) is 0. The second kappa shape index (κ2) is 5.06. The van der Waals surface area contributed by atoms with E-state index in [1.165, 1.54) is 43.2 Å². The van der Waals surface area contributed by atoms with Gasteiger partial charge < -0.3 is 0 Å². The zero-order valence-corrected chi connectivity index (χ0v) is 12.8. The molecule has 2 atom stereocenters. The maximum atomic E-state index is 6.56. The average Bonchev–Trinajstić information content (AvgIpc) is 2.71. The van der Waals surface area contributed by atoms with Crippen LogP contribution in [0.5, 0.6) is 0 Å². The third kappa shape index (κ3) is 1.98. The Balaban J connectivity index is 0.00000120. The van der Waals surface area contributed by atoms with E-state index in [4.69, 9.17) is 11.6 Å². The van der Waals surface area contributed by atoms with E-state index < -0.39 is 0 Å². The van der Waals surface area contributed by atoms with E-state index in [-0.39, 0.29) is 12.4 Å². The summed E-state index contributed by atoms with van der Waals surface area (Å²) in [5, 5.41) is 1.07. The van der Waals surface area contributed by atoms with Crippen LogP contribution in [0.15, 0.2) is 12.1 Å². The lowest BCUT2D eigenvalue weighted by molar-refractivity contribution is 0.252. The molecule has 0 nitrogen and oxygen atoms in total. The fraction of sp³-hybridized carbons (Fsp3) is 0.625. The molecule has 0 radical (unpaired) electrons. The molecular weight excluding hydrogens is 263 g/mol. The Morgan fingerprint density at radius 2 is 2.11 bits per heavy atom. The normalized spacial score (nSPS) is 29.4. The minimum Gasteiger partial charge on any atom is -0.147 e. The van der Waals surface area contributed by atoms with Crippen molar-refractivity contribution < 1.29 is 0 Å². The molecule has 1 saturated carbocycles. The molecule has 0 spiro atoms. The number of rotatable bonds is 1. The summed E-state index contributed by atoms with van der Waals surface area (Å²) in [4.78, 5) is 0. The molecule has 1 aromatic rings. The van der Waals surface area contributed by atoms with Gasteiger partial charge in [0.1, 0.15) is 0 Å². The minimum absolute atomic E-state index is 0. The molecule has 1 fully saturated rings. The second-order valence-corrected chi connectivity index (χ2v) is 6.44. The Morgan fingerprint density at radius 1 is 1.33 bits per heavy atom. The van der Waals surface area contributed by atoms with Gasteiger partial charge in [0.2, 0.25) is 0 Å². The van der Waals surface area contributed by atoms with Crippen molar-refractivity contribution in [1.29, 1.82) is 0 Å². The molecule has 3 rings (SSSR count). The molecule has 2 heteroatoms. The van der Waals surface area contributed by atoms with Gasteiger partial charge in [0, 0.05) is 5.02 Å². The number of benzene rings is 1. The standard InChI is InChI=1S/C16H21Cl.ClH/c1-3-11-6-7-12-13(15(11)17)8-10-16(2)9-4-5-14(12)16;/h6-7,14H,3-5,8-10H2,1-2H3;1H/t14-,16+;/m0./s1. The van der Waals surface area contributed by atoms with E-state index in [0.717, 1.165) is 17.4 Å². The van der Waals surface area contributed by atoms with Gasteiger partial charge in [-0.15, -0.1) is 12.4 Å². The van der Waals surface area contributed by atoms with Gasteiger partial charge >= 0.3 is 0 Å². The third-order valence-corrected chi connectivity index (χ3v) is 5.61. The Morgan fingerprint density at radius 3 is 2.83 bits per heavy atom. The van der Waals surface area contributed by atoms with Gasteiger partial charge in [-0.1, -0.05) is 44.0 Å². The first-order valence-electron chi connectivity index (χ1n) is 6.96. The molecule has 0 N–H and O–H groups in total. The largest absolute Gasteiger partial charge is 0.147 e. The highest BCUT2D eigenvalue weighted by Gasteiger charge is 2.43. The Bertz CT molecular complexity index is 453. The lowest BCUT2D eigenvalue weighted by Crippen LogP contribution is -2.26. The van der Waals surface area contributed by atoms with Crippen LogP contribution in [0, 0.1) is 5.41 Å². The Hall–Kier alpha value is -0.200. The first kappa shape index (κ1) is 14.2. The molecular formula is C16H22Cl2. The van der Waals surface area contributed by atoms with Crippen molar-refractivity contribution >= 4 is 24.0 Å². The summed E-state index contributed by atoms with van der Waals surface area (Å²) in [5.74, 6) is 0.773. The van der Waals surface area contributed by atoms with Crippen molar-refractivity contribution in [3.05, 3.63) is 33.8 Å². The number of aryl methyl sites for hydroxylation is 1. The molecule has 0 saturated heterocycles. The van der Waals surface area contributed by atoms with Crippen LogP contribution in [-0.2, 0) is 12.8 Å². The molecule has 2 aliphatic rings. The van der Waals surface area contributed by atoms with Crippen molar-refractivity contribution in [3.63, 3.8) is 0 Å². The molecule has 100 valence electrons. The van der Waals surface area contributed by atoms with Gasteiger partial charge in [-0.25, -0.2) is 0 Å². The number of hydrogen-bond acceptors (Lipinski definition) is 0. The van der Waals surface area contributed by atoms with Gasteiger partial charge in [0.25, 0.3) is 0 Å². The first-order valence-corrected chi connectivity index (χ1v) is 7.33. The van der Waals surface area contributed by atoms with Gasteiger partial charge in [0.15, 0.2) is 0 Å². The fourth-order valence-corrected chi connectivity index (χ4v) is 4.41. The van der Waals surface area contributed by atoms with Gasteiger partial charge in [-0.05, 0) is 60.1 Å². The van der Waals surface area contributed by atoms with Crippen molar-refractivity contribution in [3.8, 4) is 0 Å². The quantitative estimate of drug-likeness (QED) is 0.635. The van der Waals surface area contributed by atoms with Gasteiger partial charge in [-0.3, -0.25) is 0 Å². The monoisotopic (exact) mass is 284 g/mol. The van der Waals surface area contributed by atoms with Crippen LogP contribution in [0.4, 0.5) is 0 Å². The summed E-state index contributed by atoms with van der Waals surface area (Å²) < 4.78 is 0. The maximum Gasteiger partial charge on any atom is 0.0472 e. The summed E-state index contributed by atoms with van der Waals surface area (Å²) in [6.45, 7) is 4.67. The van der Waals surface area contributed by atoms with E-state index in [1.54, 1.807) is 5.56 Å². The zero-order valence-electron chi connectivity index (χ0n) is 11.3. The molecule has 0 aromatic heterocycles. The fourth-order valence-electron chi connectivity index (χ4n) is 4.01. The van der Waals surface area contributed by atoms with Crippen LogP contribution < -0.4 is 0 Å². The maximum absolute atomic E-state index is 6.56. The SMILES string of the molecule is CCc1ccc2c(c1Cl)CC[C@@]1(C)CCC[C@@H]21.Cl. The summed E-state index contributed by atoms with van der Waals surface area (Å²) in [7, 11) is 0. The summed E-state index contributed by atoms with van der Waals surface area (Å²) >= 11 is 6.56. The summed E-state index contributed by atoms with van der Waals surface area (Å²) in [6, 6.07) is 4.62. The smallest absolute Gasteiger partial charge is 0.0472 e. The van der Waals surface area contributed by atoms with Crippen LogP contribution in [0.3, 0.4) is 0 Å². The van der Waals surface area contributed by atoms with Crippen LogP contribution in [0.25, 0.3) is 0 Å². The number of fused-ring (bicyclic) bond motifs is 3. The first-order chi connectivity index (χ1) is 8.15. The Labute approximate surface area is 122 Å². The van der Waals surface area contributed by atoms with E-state index in [9.17, 15) is 0 Å².